The molecule has 0 unspecified atom stereocenters. The van der Waals surface area contributed by atoms with Gasteiger partial charge in [0.2, 0.25) is 0 Å². The molecule has 2 heterocycles. The highest BCUT2D eigenvalue weighted by molar-refractivity contribution is 5.87. The van der Waals surface area contributed by atoms with Crippen LogP contribution in [0.1, 0.15) is 19.7 Å². The van der Waals surface area contributed by atoms with E-state index in [1.807, 2.05) is 0 Å². The molecule has 0 atom stereocenters. The third-order valence-corrected chi connectivity index (χ3v) is 3.12. The number of fused-ring (bicyclic) bond motifs is 1. The van der Waals surface area contributed by atoms with E-state index in [0.717, 1.165) is 9.30 Å². The number of nitrogens with zero attached hydrogens (tertiary/aromatic N) is 4. The van der Waals surface area contributed by atoms with Gasteiger partial charge in [-0.15, -0.1) is 4.73 Å². The molecule has 0 bridgehead atoms. The first kappa shape index (κ1) is 14.8. The fourth-order valence-electron chi connectivity index (χ4n) is 1.90. The molecule has 112 valence electrons. The van der Waals surface area contributed by atoms with E-state index in [0.29, 0.717) is 12.2 Å². The second kappa shape index (κ2) is 5.04. The van der Waals surface area contributed by atoms with Gasteiger partial charge in [0.25, 0.3) is 5.56 Å². The van der Waals surface area contributed by atoms with E-state index in [4.69, 9.17) is 4.84 Å². The van der Waals surface area contributed by atoms with E-state index in [9.17, 15) is 14.4 Å². The first-order valence-electron chi connectivity index (χ1n) is 6.35. The zero-order valence-electron chi connectivity index (χ0n) is 12.3. The molecule has 0 spiro atoms. The van der Waals surface area contributed by atoms with E-state index in [-0.39, 0.29) is 16.7 Å². The Bertz CT molecular complexity index is 869. The van der Waals surface area contributed by atoms with Crippen LogP contribution in [-0.4, -0.2) is 24.8 Å². The molecule has 2 rings (SSSR count). The smallest absolute Gasteiger partial charge is 0.329 e. The molecule has 2 aromatic heterocycles. The number of carbonyl (C=O) groups is 1. The Morgan fingerprint density at radius 1 is 1.29 bits per heavy atom. The lowest BCUT2D eigenvalue weighted by Gasteiger charge is -2.08. The van der Waals surface area contributed by atoms with E-state index < -0.39 is 17.2 Å². The SMILES string of the molecule is C=C(C)C(=O)On1c(CC)nc2c1c(=O)n(C)c(=O)n2C. The van der Waals surface area contributed by atoms with Gasteiger partial charge >= 0.3 is 11.7 Å². The van der Waals surface area contributed by atoms with Gasteiger partial charge in [-0.3, -0.25) is 13.9 Å². The van der Waals surface area contributed by atoms with Crippen molar-refractivity contribution in [1.29, 1.82) is 0 Å². The second-order valence-corrected chi connectivity index (χ2v) is 4.71. The molecule has 0 fully saturated rings. The van der Waals surface area contributed by atoms with Crippen LogP contribution in [0.25, 0.3) is 11.2 Å². The molecule has 21 heavy (non-hydrogen) atoms. The van der Waals surface area contributed by atoms with Crippen LogP contribution in [0, 0.1) is 0 Å². The van der Waals surface area contributed by atoms with E-state index in [1.54, 1.807) is 6.92 Å². The average molecular weight is 292 g/mol. The number of rotatable bonds is 3. The van der Waals surface area contributed by atoms with Gasteiger partial charge in [0, 0.05) is 26.1 Å². The third kappa shape index (κ3) is 2.18. The molecule has 0 aromatic carbocycles. The van der Waals surface area contributed by atoms with E-state index in [1.165, 1.54) is 25.6 Å². The summed E-state index contributed by atoms with van der Waals surface area (Å²) in [4.78, 5) is 45.3. The second-order valence-electron chi connectivity index (χ2n) is 4.71. The summed E-state index contributed by atoms with van der Waals surface area (Å²) in [5.74, 6) is -0.294. The number of aromatic nitrogens is 4. The minimum Gasteiger partial charge on any atom is -0.329 e. The Morgan fingerprint density at radius 2 is 1.90 bits per heavy atom. The van der Waals surface area contributed by atoms with Gasteiger partial charge in [-0.2, -0.15) is 0 Å². The highest BCUT2D eigenvalue weighted by Crippen LogP contribution is 2.10. The minimum atomic E-state index is -0.667. The number of hydrogen-bond acceptors (Lipinski definition) is 5. The van der Waals surface area contributed by atoms with Crippen molar-refractivity contribution in [2.75, 3.05) is 0 Å². The summed E-state index contributed by atoms with van der Waals surface area (Å²) in [5, 5.41) is 0. The van der Waals surface area contributed by atoms with E-state index >= 15 is 0 Å². The zero-order chi connectivity index (χ0) is 15.9. The lowest BCUT2D eigenvalue weighted by atomic mass is 10.4. The van der Waals surface area contributed by atoms with Gasteiger partial charge in [-0.1, -0.05) is 13.5 Å². The molecule has 8 nitrogen and oxygen atoms in total. The number of imidazole rings is 1. The first-order chi connectivity index (χ1) is 9.79. The quantitative estimate of drug-likeness (QED) is 0.713. The number of aryl methyl sites for hydroxylation is 2. The van der Waals surface area contributed by atoms with Crippen molar-refractivity contribution in [1.82, 2.24) is 18.8 Å². The average Bonchev–Trinajstić information content (AvgIpc) is 2.81. The summed E-state index contributed by atoms with van der Waals surface area (Å²) >= 11 is 0. The van der Waals surface area contributed by atoms with Crippen molar-refractivity contribution in [3.05, 3.63) is 38.8 Å². The summed E-state index contributed by atoms with van der Waals surface area (Å²) in [6.45, 7) is 6.80. The van der Waals surface area contributed by atoms with Gasteiger partial charge < -0.3 is 4.84 Å². The van der Waals surface area contributed by atoms with Crippen LogP contribution in [0.3, 0.4) is 0 Å². The van der Waals surface area contributed by atoms with Gasteiger partial charge in [-0.25, -0.2) is 14.6 Å². The third-order valence-electron chi connectivity index (χ3n) is 3.12. The van der Waals surface area contributed by atoms with Gasteiger partial charge in [0.05, 0.1) is 0 Å². The van der Waals surface area contributed by atoms with E-state index in [2.05, 4.69) is 11.6 Å². The normalized spacial score (nSPS) is 10.9. The molecular formula is C13H16N4O4. The van der Waals surface area contributed by atoms with Crippen molar-refractivity contribution < 1.29 is 9.63 Å². The molecule has 8 heteroatoms. The Labute approximate surface area is 119 Å². The predicted octanol–water partition coefficient (Wildman–Crippen LogP) is -0.473. The monoisotopic (exact) mass is 292 g/mol. The van der Waals surface area contributed by atoms with Crippen molar-refractivity contribution in [2.24, 2.45) is 14.1 Å². The van der Waals surface area contributed by atoms with Crippen LogP contribution in [0.4, 0.5) is 0 Å². The Balaban J connectivity index is 2.87. The van der Waals surface area contributed by atoms with Crippen LogP contribution < -0.4 is 16.1 Å². The summed E-state index contributed by atoms with van der Waals surface area (Å²) < 4.78 is 3.25. The summed E-state index contributed by atoms with van der Waals surface area (Å²) in [5.41, 5.74) is -0.651. The van der Waals surface area contributed by atoms with Crippen molar-refractivity contribution in [3.63, 3.8) is 0 Å². The molecular weight excluding hydrogens is 276 g/mol. The topological polar surface area (TPSA) is 88.1 Å². The van der Waals surface area contributed by atoms with Crippen molar-refractivity contribution in [2.45, 2.75) is 20.3 Å². The summed E-state index contributed by atoms with van der Waals surface area (Å²) in [6.07, 6.45) is 0.426. The van der Waals surface area contributed by atoms with Crippen LogP contribution in [0.5, 0.6) is 0 Å². The Morgan fingerprint density at radius 3 is 2.43 bits per heavy atom. The largest absolute Gasteiger partial charge is 0.358 e. The molecule has 2 aromatic rings. The summed E-state index contributed by atoms with van der Waals surface area (Å²) in [6, 6.07) is 0. The fourth-order valence-corrected chi connectivity index (χ4v) is 1.90. The van der Waals surface area contributed by atoms with Crippen molar-refractivity contribution >= 4 is 17.1 Å². The van der Waals surface area contributed by atoms with Gasteiger partial charge in [-0.05, 0) is 6.92 Å². The van der Waals surface area contributed by atoms with Crippen LogP contribution >= 0.6 is 0 Å². The van der Waals surface area contributed by atoms with Gasteiger partial charge in [0.1, 0.15) is 5.82 Å². The van der Waals surface area contributed by atoms with Crippen LogP contribution in [0.2, 0.25) is 0 Å². The van der Waals surface area contributed by atoms with Crippen molar-refractivity contribution in [3.8, 4) is 0 Å². The van der Waals surface area contributed by atoms with Gasteiger partial charge in [0.15, 0.2) is 11.2 Å². The number of carbonyl (C=O) groups excluding carboxylic acids is 1. The molecule has 0 aliphatic heterocycles. The molecule has 0 amide bonds. The highest BCUT2D eigenvalue weighted by Gasteiger charge is 2.21. The standard InChI is InChI=1S/C13H16N4O4/c1-6-8-14-10-9(17(8)21-12(19)7(2)3)11(18)16(5)13(20)15(10)4/h2,6H2,1,3-5H3. The lowest BCUT2D eigenvalue weighted by Crippen LogP contribution is -2.38. The summed E-state index contributed by atoms with van der Waals surface area (Å²) in [7, 11) is 2.86. The molecule has 0 saturated carbocycles. The lowest BCUT2D eigenvalue weighted by molar-refractivity contribution is -0.139. The highest BCUT2D eigenvalue weighted by atomic mass is 16.7. The first-order valence-corrected chi connectivity index (χ1v) is 6.35. The maximum absolute atomic E-state index is 12.3. The maximum Gasteiger partial charge on any atom is 0.358 e. The molecule has 0 aliphatic carbocycles. The predicted molar refractivity (Wildman–Crippen MR) is 76.0 cm³/mol. The fraction of sp³-hybridized carbons (Fsp3) is 0.385. The zero-order valence-corrected chi connectivity index (χ0v) is 12.3. The Hall–Kier alpha value is -2.64. The molecule has 0 N–H and O–H groups in total. The minimum absolute atomic E-state index is 0.0473. The Kier molecular flexibility index (Phi) is 3.54. The molecule has 0 aliphatic rings. The number of hydrogen-bond donors (Lipinski definition) is 0. The molecule has 0 saturated heterocycles. The maximum atomic E-state index is 12.3. The molecule has 0 radical (unpaired) electrons. The van der Waals surface area contributed by atoms with Crippen LogP contribution in [0.15, 0.2) is 21.7 Å². The van der Waals surface area contributed by atoms with Crippen LogP contribution in [-0.2, 0) is 25.3 Å².